The quantitative estimate of drug-likeness (QED) is 0.314. The SMILES string of the molecule is O=C(Nc1ccc(C(F)(F)F)cc1)Nc1ccc(Sc2nc3ccccc3s2)c(Cl)c1. The zero-order chi connectivity index (χ0) is 22.0. The Bertz CT molecular complexity index is 1210. The number of rotatable bonds is 4. The lowest BCUT2D eigenvalue weighted by molar-refractivity contribution is -0.137. The van der Waals surface area contributed by atoms with E-state index in [0.717, 1.165) is 31.6 Å². The van der Waals surface area contributed by atoms with Crippen molar-refractivity contribution in [1.82, 2.24) is 4.98 Å². The zero-order valence-corrected chi connectivity index (χ0v) is 17.9. The standard InChI is InChI=1S/C21H13ClF3N3OS2/c22-15-11-14(27-19(29)26-13-7-5-12(6-8-13)21(23,24)25)9-10-17(15)30-20-28-16-3-1-2-4-18(16)31-20/h1-11H,(H2,26,27,29). The van der Waals surface area contributed by atoms with Crippen LogP contribution in [-0.2, 0) is 6.18 Å². The maximum Gasteiger partial charge on any atom is 0.416 e. The van der Waals surface area contributed by atoms with Crippen molar-refractivity contribution in [2.75, 3.05) is 10.6 Å². The number of thiazole rings is 1. The lowest BCUT2D eigenvalue weighted by Gasteiger charge is -2.11. The largest absolute Gasteiger partial charge is 0.416 e. The molecule has 2 amide bonds. The van der Waals surface area contributed by atoms with Gasteiger partial charge in [-0.1, -0.05) is 35.5 Å². The monoisotopic (exact) mass is 479 g/mol. The van der Waals surface area contributed by atoms with Gasteiger partial charge in [-0.15, -0.1) is 11.3 Å². The normalized spacial score (nSPS) is 11.5. The van der Waals surface area contributed by atoms with Crippen LogP contribution in [0.5, 0.6) is 0 Å². The van der Waals surface area contributed by atoms with E-state index in [0.29, 0.717) is 10.7 Å². The molecule has 0 saturated carbocycles. The van der Waals surface area contributed by atoms with Crippen LogP contribution in [0.2, 0.25) is 5.02 Å². The van der Waals surface area contributed by atoms with Gasteiger partial charge in [0.05, 0.1) is 20.8 Å². The Hall–Kier alpha value is -2.75. The van der Waals surface area contributed by atoms with Crippen LogP contribution in [0.15, 0.2) is 76.0 Å². The van der Waals surface area contributed by atoms with Gasteiger partial charge in [-0.05, 0) is 54.6 Å². The van der Waals surface area contributed by atoms with Gasteiger partial charge in [0.2, 0.25) is 0 Å². The third-order valence-electron chi connectivity index (χ3n) is 4.13. The van der Waals surface area contributed by atoms with E-state index in [-0.39, 0.29) is 5.69 Å². The lowest BCUT2D eigenvalue weighted by atomic mass is 10.2. The Morgan fingerprint density at radius 3 is 2.32 bits per heavy atom. The summed E-state index contributed by atoms with van der Waals surface area (Å²) in [7, 11) is 0. The highest BCUT2D eigenvalue weighted by Crippen LogP contribution is 2.38. The maximum absolute atomic E-state index is 12.6. The molecule has 0 unspecified atom stereocenters. The number of amides is 2. The first kappa shape index (κ1) is 21.5. The number of alkyl halides is 3. The van der Waals surface area contributed by atoms with Gasteiger partial charge >= 0.3 is 12.2 Å². The molecule has 1 heterocycles. The molecule has 0 aliphatic rings. The number of fused-ring (bicyclic) bond motifs is 1. The van der Waals surface area contributed by atoms with Gasteiger partial charge < -0.3 is 10.6 Å². The van der Waals surface area contributed by atoms with Crippen molar-refractivity contribution in [3.63, 3.8) is 0 Å². The summed E-state index contributed by atoms with van der Waals surface area (Å²) in [5, 5.41) is 5.53. The van der Waals surface area contributed by atoms with E-state index in [1.807, 2.05) is 24.3 Å². The van der Waals surface area contributed by atoms with Crippen molar-refractivity contribution in [3.05, 3.63) is 77.3 Å². The number of anilines is 2. The topological polar surface area (TPSA) is 54.0 Å². The fourth-order valence-corrected chi connectivity index (χ4v) is 5.01. The summed E-state index contributed by atoms with van der Waals surface area (Å²) in [5.74, 6) is 0. The van der Waals surface area contributed by atoms with Gasteiger partial charge in [-0.2, -0.15) is 13.2 Å². The average molecular weight is 480 g/mol. The molecule has 0 radical (unpaired) electrons. The summed E-state index contributed by atoms with van der Waals surface area (Å²) >= 11 is 9.35. The van der Waals surface area contributed by atoms with Gasteiger partial charge in [0.15, 0.2) is 4.34 Å². The summed E-state index contributed by atoms with van der Waals surface area (Å²) in [6.45, 7) is 0. The van der Waals surface area contributed by atoms with Gasteiger partial charge in [-0.25, -0.2) is 9.78 Å². The molecule has 2 N–H and O–H groups in total. The first-order valence-corrected chi connectivity index (χ1v) is 10.9. The number of para-hydroxylation sites is 1. The highest BCUT2D eigenvalue weighted by Gasteiger charge is 2.30. The second kappa shape index (κ2) is 8.78. The molecular weight excluding hydrogens is 467 g/mol. The van der Waals surface area contributed by atoms with Gasteiger partial charge in [-0.3, -0.25) is 0 Å². The van der Waals surface area contributed by atoms with Gasteiger partial charge in [0, 0.05) is 16.3 Å². The van der Waals surface area contributed by atoms with E-state index in [4.69, 9.17) is 11.6 Å². The molecule has 0 aliphatic carbocycles. The molecule has 0 saturated heterocycles. The number of carbonyl (C=O) groups is 1. The van der Waals surface area contributed by atoms with E-state index >= 15 is 0 Å². The predicted molar refractivity (Wildman–Crippen MR) is 119 cm³/mol. The van der Waals surface area contributed by atoms with Crippen molar-refractivity contribution in [1.29, 1.82) is 0 Å². The van der Waals surface area contributed by atoms with E-state index in [2.05, 4.69) is 15.6 Å². The number of hydrogen-bond donors (Lipinski definition) is 2. The van der Waals surface area contributed by atoms with Crippen molar-refractivity contribution in [3.8, 4) is 0 Å². The molecule has 4 rings (SSSR count). The minimum atomic E-state index is -4.43. The molecule has 31 heavy (non-hydrogen) atoms. The van der Waals surface area contributed by atoms with Crippen molar-refractivity contribution in [2.45, 2.75) is 15.4 Å². The molecule has 4 nitrogen and oxygen atoms in total. The minimum absolute atomic E-state index is 0.236. The second-order valence-electron chi connectivity index (χ2n) is 6.35. The number of benzene rings is 3. The number of hydrogen-bond acceptors (Lipinski definition) is 4. The number of carbonyl (C=O) groups excluding carboxylic acids is 1. The predicted octanol–water partition coefficient (Wildman–Crippen LogP) is 7.76. The fraction of sp³-hybridized carbons (Fsp3) is 0.0476. The molecule has 158 valence electrons. The molecule has 0 aliphatic heterocycles. The number of nitrogens with zero attached hydrogens (tertiary/aromatic N) is 1. The highest BCUT2D eigenvalue weighted by molar-refractivity contribution is 8.01. The van der Waals surface area contributed by atoms with Crippen LogP contribution < -0.4 is 10.6 Å². The van der Waals surface area contributed by atoms with Crippen molar-refractivity contribution >= 4 is 62.3 Å². The van der Waals surface area contributed by atoms with Crippen LogP contribution in [0, 0.1) is 0 Å². The Morgan fingerprint density at radius 2 is 1.65 bits per heavy atom. The summed E-state index contributed by atoms with van der Waals surface area (Å²) in [5.41, 5.74) is 0.818. The van der Waals surface area contributed by atoms with E-state index < -0.39 is 17.8 Å². The number of urea groups is 1. The van der Waals surface area contributed by atoms with Crippen molar-refractivity contribution in [2.24, 2.45) is 0 Å². The Kier molecular flexibility index (Phi) is 6.08. The number of halogens is 4. The van der Waals surface area contributed by atoms with Crippen LogP contribution in [0.3, 0.4) is 0 Å². The molecule has 3 aromatic carbocycles. The van der Waals surface area contributed by atoms with E-state index in [1.54, 1.807) is 29.5 Å². The maximum atomic E-state index is 12.6. The Labute approximate surface area is 188 Å². The first-order chi connectivity index (χ1) is 14.8. The van der Waals surface area contributed by atoms with E-state index in [9.17, 15) is 18.0 Å². The molecule has 0 spiro atoms. The van der Waals surface area contributed by atoms with Crippen LogP contribution in [-0.4, -0.2) is 11.0 Å². The summed E-state index contributed by atoms with van der Waals surface area (Å²) in [6, 6.07) is 16.5. The molecular formula is C21H13ClF3N3OS2. The smallest absolute Gasteiger partial charge is 0.308 e. The summed E-state index contributed by atoms with van der Waals surface area (Å²) in [4.78, 5) is 17.5. The second-order valence-corrected chi connectivity index (χ2v) is 9.08. The average Bonchev–Trinajstić information content (AvgIpc) is 3.12. The molecule has 1 aromatic heterocycles. The molecule has 4 aromatic rings. The van der Waals surface area contributed by atoms with Crippen LogP contribution >= 0.6 is 34.7 Å². The lowest BCUT2D eigenvalue weighted by Crippen LogP contribution is -2.19. The fourth-order valence-electron chi connectivity index (χ4n) is 2.69. The molecule has 0 atom stereocenters. The Morgan fingerprint density at radius 1 is 0.968 bits per heavy atom. The molecule has 10 heteroatoms. The van der Waals surface area contributed by atoms with Gasteiger partial charge in [0.1, 0.15) is 0 Å². The minimum Gasteiger partial charge on any atom is -0.308 e. The highest BCUT2D eigenvalue weighted by atomic mass is 35.5. The summed E-state index contributed by atoms with van der Waals surface area (Å²) in [6.07, 6.45) is -4.43. The zero-order valence-electron chi connectivity index (χ0n) is 15.5. The third kappa shape index (κ3) is 5.30. The third-order valence-corrected chi connectivity index (χ3v) is 6.73. The van der Waals surface area contributed by atoms with Crippen LogP contribution in [0.1, 0.15) is 5.56 Å². The van der Waals surface area contributed by atoms with Crippen LogP contribution in [0.4, 0.5) is 29.3 Å². The number of nitrogens with one attached hydrogen (secondary N) is 2. The van der Waals surface area contributed by atoms with Crippen molar-refractivity contribution < 1.29 is 18.0 Å². The molecule has 0 bridgehead atoms. The van der Waals surface area contributed by atoms with Gasteiger partial charge in [0.25, 0.3) is 0 Å². The van der Waals surface area contributed by atoms with E-state index in [1.165, 1.54) is 23.9 Å². The first-order valence-electron chi connectivity index (χ1n) is 8.86. The Balaban J connectivity index is 1.40. The number of aromatic nitrogens is 1. The molecule has 0 fully saturated rings. The summed E-state index contributed by atoms with van der Waals surface area (Å²) < 4.78 is 39.8. The van der Waals surface area contributed by atoms with Crippen LogP contribution in [0.25, 0.3) is 10.2 Å².